The van der Waals surface area contributed by atoms with Crippen molar-refractivity contribution in [3.8, 4) is 5.19 Å². The highest BCUT2D eigenvalue weighted by atomic mass is 32.1. The molecule has 0 saturated carbocycles. The molecule has 3 rings (SSSR count). The molecule has 2 aromatic rings. The number of likely N-dealkylation sites (tertiary alicyclic amines) is 1. The molecule has 6 heteroatoms. The average Bonchev–Trinajstić information content (AvgIpc) is 3.06. The third kappa shape index (κ3) is 3.02. The minimum atomic E-state index is 0.294. The Morgan fingerprint density at radius 3 is 2.80 bits per heavy atom. The average molecular weight is 293 g/mol. The molecule has 0 aliphatic carbocycles. The van der Waals surface area contributed by atoms with Crippen LogP contribution in [0.5, 0.6) is 5.19 Å². The van der Waals surface area contributed by atoms with Gasteiger partial charge in [-0.25, -0.2) is 4.98 Å². The maximum Gasteiger partial charge on any atom is 0.273 e. The molecule has 0 unspecified atom stereocenters. The van der Waals surface area contributed by atoms with Gasteiger partial charge in [0.05, 0.1) is 5.69 Å². The standard InChI is InChI=1S/C14H19N3O2S/c1-10-13(11(2)19-16-10)9-17-6-3-12(4-7-17)18-14-15-5-8-20-14/h5,8,12H,3-4,6-7,9H2,1-2H3. The second kappa shape index (κ2) is 5.93. The summed E-state index contributed by atoms with van der Waals surface area (Å²) in [6, 6.07) is 0. The molecule has 1 saturated heterocycles. The van der Waals surface area contributed by atoms with Crippen LogP contribution in [0, 0.1) is 13.8 Å². The first-order chi connectivity index (χ1) is 9.72. The van der Waals surface area contributed by atoms with Gasteiger partial charge in [0.25, 0.3) is 5.19 Å². The van der Waals surface area contributed by atoms with Crippen molar-refractivity contribution in [3.63, 3.8) is 0 Å². The van der Waals surface area contributed by atoms with Gasteiger partial charge in [0, 0.05) is 36.8 Å². The van der Waals surface area contributed by atoms with E-state index in [1.165, 1.54) is 5.56 Å². The number of hydrogen-bond donors (Lipinski definition) is 0. The smallest absolute Gasteiger partial charge is 0.273 e. The number of aryl methyl sites for hydroxylation is 2. The highest BCUT2D eigenvalue weighted by Gasteiger charge is 2.23. The Labute approximate surface area is 122 Å². The Balaban J connectivity index is 1.51. The molecule has 3 heterocycles. The van der Waals surface area contributed by atoms with Crippen LogP contribution in [0.3, 0.4) is 0 Å². The SMILES string of the molecule is Cc1noc(C)c1CN1CCC(Oc2nccs2)CC1. The maximum absolute atomic E-state index is 5.88. The van der Waals surface area contributed by atoms with Gasteiger partial charge >= 0.3 is 0 Å². The van der Waals surface area contributed by atoms with E-state index in [1.54, 1.807) is 17.5 Å². The van der Waals surface area contributed by atoms with Gasteiger partial charge < -0.3 is 9.26 Å². The Morgan fingerprint density at radius 1 is 1.40 bits per heavy atom. The van der Waals surface area contributed by atoms with Crippen molar-refractivity contribution in [1.82, 2.24) is 15.0 Å². The number of aromatic nitrogens is 2. The van der Waals surface area contributed by atoms with Crippen molar-refractivity contribution in [2.45, 2.75) is 39.3 Å². The van der Waals surface area contributed by atoms with Gasteiger partial charge in [-0.3, -0.25) is 4.90 Å². The summed E-state index contributed by atoms with van der Waals surface area (Å²) in [5, 5.41) is 6.75. The van der Waals surface area contributed by atoms with Gasteiger partial charge in [-0.05, 0) is 26.7 Å². The number of rotatable bonds is 4. The predicted molar refractivity (Wildman–Crippen MR) is 77.0 cm³/mol. The van der Waals surface area contributed by atoms with Crippen molar-refractivity contribution in [2.24, 2.45) is 0 Å². The van der Waals surface area contributed by atoms with Crippen LogP contribution in [0.15, 0.2) is 16.1 Å². The Bertz CT molecular complexity index is 525. The number of piperidine rings is 1. The van der Waals surface area contributed by atoms with Crippen molar-refractivity contribution < 1.29 is 9.26 Å². The highest BCUT2D eigenvalue weighted by molar-refractivity contribution is 7.11. The van der Waals surface area contributed by atoms with Gasteiger partial charge in [0.15, 0.2) is 0 Å². The second-order valence-corrected chi connectivity index (χ2v) is 6.05. The molecule has 1 fully saturated rings. The molecule has 0 spiro atoms. The van der Waals surface area contributed by atoms with Crippen LogP contribution < -0.4 is 4.74 Å². The number of ether oxygens (including phenoxy) is 1. The van der Waals surface area contributed by atoms with Gasteiger partial charge in [-0.2, -0.15) is 0 Å². The minimum Gasteiger partial charge on any atom is -0.467 e. The molecule has 0 bridgehead atoms. The predicted octanol–water partition coefficient (Wildman–Crippen LogP) is 2.79. The first-order valence-electron chi connectivity index (χ1n) is 6.92. The molecule has 20 heavy (non-hydrogen) atoms. The van der Waals surface area contributed by atoms with E-state index in [2.05, 4.69) is 15.0 Å². The summed E-state index contributed by atoms with van der Waals surface area (Å²) < 4.78 is 11.1. The van der Waals surface area contributed by atoms with Crippen molar-refractivity contribution >= 4 is 11.3 Å². The fourth-order valence-corrected chi connectivity index (χ4v) is 3.10. The topological polar surface area (TPSA) is 51.4 Å². The molecular weight excluding hydrogens is 274 g/mol. The fraction of sp³-hybridized carbons (Fsp3) is 0.571. The highest BCUT2D eigenvalue weighted by Crippen LogP contribution is 2.23. The Kier molecular flexibility index (Phi) is 4.03. The second-order valence-electron chi connectivity index (χ2n) is 5.19. The first kappa shape index (κ1) is 13.6. The summed E-state index contributed by atoms with van der Waals surface area (Å²) in [5.74, 6) is 0.934. The fourth-order valence-electron chi connectivity index (χ4n) is 2.55. The largest absolute Gasteiger partial charge is 0.467 e. The summed E-state index contributed by atoms with van der Waals surface area (Å²) in [5.41, 5.74) is 2.23. The molecule has 5 nitrogen and oxygen atoms in total. The van der Waals surface area contributed by atoms with E-state index in [4.69, 9.17) is 9.26 Å². The van der Waals surface area contributed by atoms with Crippen LogP contribution in [0.2, 0.25) is 0 Å². The maximum atomic E-state index is 5.88. The molecule has 0 radical (unpaired) electrons. The Hall–Kier alpha value is -1.40. The van der Waals surface area contributed by atoms with Gasteiger partial charge in [0.1, 0.15) is 11.9 Å². The van der Waals surface area contributed by atoms with Gasteiger partial charge in [-0.1, -0.05) is 16.5 Å². The molecule has 108 valence electrons. The van der Waals surface area contributed by atoms with E-state index in [9.17, 15) is 0 Å². The summed E-state index contributed by atoms with van der Waals surface area (Å²) in [4.78, 5) is 6.61. The lowest BCUT2D eigenvalue weighted by atomic mass is 10.1. The van der Waals surface area contributed by atoms with E-state index in [1.807, 2.05) is 19.2 Å². The monoisotopic (exact) mass is 293 g/mol. The van der Waals surface area contributed by atoms with Gasteiger partial charge in [0.2, 0.25) is 0 Å². The molecule has 0 atom stereocenters. The zero-order valence-electron chi connectivity index (χ0n) is 11.8. The summed E-state index contributed by atoms with van der Waals surface area (Å²) >= 11 is 1.56. The van der Waals surface area contributed by atoms with Crippen molar-refractivity contribution in [1.29, 1.82) is 0 Å². The number of nitrogens with zero attached hydrogens (tertiary/aromatic N) is 3. The van der Waals surface area contributed by atoms with Gasteiger partial charge in [-0.15, -0.1) is 0 Å². The number of thiazole rings is 1. The molecule has 0 amide bonds. The van der Waals surface area contributed by atoms with E-state index < -0.39 is 0 Å². The van der Waals surface area contributed by atoms with E-state index in [0.29, 0.717) is 6.10 Å². The van der Waals surface area contributed by atoms with Crippen LogP contribution in [0.4, 0.5) is 0 Å². The summed E-state index contributed by atoms with van der Waals surface area (Å²) in [7, 11) is 0. The molecule has 2 aromatic heterocycles. The third-order valence-electron chi connectivity index (χ3n) is 3.77. The van der Waals surface area contributed by atoms with E-state index >= 15 is 0 Å². The van der Waals surface area contributed by atoms with Crippen molar-refractivity contribution in [3.05, 3.63) is 28.6 Å². The van der Waals surface area contributed by atoms with E-state index in [-0.39, 0.29) is 0 Å². The number of hydrogen-bond acceptors (Lipinski definition) is 6. The molecule has 0 aromatic carbocycles. The van der Waals surface area contributed by atoms with Crippen LogP contribution in [-0.4, -0.2) is 34.2 Å². The van der Waals surface area contributed by atoms with Crippen LogP contribution in [0.1, 0.15) is 29.9 Å². The molecule has 1 aliphatic rings. The first-order valence-corrected chi connectivity index (χ1v) is 7.80. The molecular formula is C14H19N3O2S. The van der Waals surface area contributed by atoms with Crippen LogP contribution in [0.25, 0.3) is 0 Å². The molecule has 1 aliphatic heterocycles. The molecule has 0 N–H and O–H groups in total. The van der Waals surface area contributed by atoms with Crippen molar-refractivity contribution in [2.75, 3.05) is 13.1 Å². The quantitative estimate of drug-likeness (QED) is 0.867. The lowest BCUT2D eigenvalue weighted by Crippen LogP contribution is -2.37. The lowest BCUT2D eigenvalue weighted by Gasteiger charge is -2.31. The third-order valence-corrected chi connectivity index (χ3v) is 4.44. The zero-order valence-corrected chi connectivity index (χ0v) is 12.7. The van der Waals surface area contributed by atoms with Crippen LogP contribution >= 0.6 is 11.3 Å². The summed E-state index contributed by atoms with van der Waals surface area (Å²) in [6.45, 7) is 6.99. The van der Waals surface area contributed by atoms with Crippen LogP contribution in [-0.2, 0) is 6.54 Å². The zero-order chi connectivity index (χ0) is 13.9. The normalized spacial score (nSPS) is 17.5. The van der Waals surface area contributed by atoms with E-state index in [0.717, 1.165) is 49.1 Å². The minimum absolute atomic E-state index is 0.294. The Morgan fingerprint density at radius 2 is 2.20 bits per heavy atom. The summed E-state index contributed by atoms with van der Waals surface area (Å²) in [6.07, 6.45) is 4.17. The lowest BCUT2D eigenvalue weighted by molar-refractivity contribution is 0.0962.